The van der Waals surface area contributed by atoms with Crippen LogP contribution >= 0.6 is 0 Å². The molecule has 0 bridgehead atoms. The maximum Gasteiger partial charge on any atom is 0.292 e. The summed E-state index contributed by atoms with van der Waals surface area (Å²) in [4.78, 5) is 25.1. The van der Waals surface area contributed by atoms with Crippen LogP contribution in [0.2, 0.25) is 0 Å². The molecular weight excluding hydrogens is 334 g/mol. The number of benzene rings is 1. The number of anilines is 1. The first-order chi connectivity index (χ1) is 12.6. The van der Waals surface area contributed by atoms with E-state index in [2.05, 4.69) is 12.2 Å². The fourth-order valence-electron chi connectivity index (χ4n) is 3.15. The normalized spacial score (nSPS) is 15.0. The Bertz CT molecular complexity index is 586. The van der Waals surface area contributed by atoms with Gasteiger partial charge in [0.2, 0.25) is 5.91 Å². The van der Waals surface area contributed by atoms with Crippen molar-refractivity contribution >= 4 is 17.3 Å². The molecule has 0 aliphatic carbocycles. The zero-order chi connectivity index (χ0) is 18.8. The SMILES string of the molecule is CCCCOCCCNC(=O)C1CCN(c2ccccc2[N+](=O)[O-])CC1. The van der Waals surface area contributed by atoms with E-state index in [0.717, 1.165) is 25.9 Å². The molecule has 2 rings (SSSR count). The van der Waals surface area contributed by atoms with Crippen molar-refractivity contribution in [3.8, 4) is 0 Å². The van der Waals surface area contributed by atoms with E-state index in [1.54, 1.807) is 12.1 Å². The van der Waals surface area contributed by atoms with Gasteiger partial charge in [-0.2, -0.15) is 0 Å². The largest absolute Gasteiger partial charge is 0.381 e. The van der Waals surface area contributed by atoms with Crippen molar-refractivity contribution in [2.24, 2.45) is 5.92 Å². The van der Waals surface area contributed by atoms with E-state index in [1.165, 1.54) is 6.07 Å². The lowest BCUT2D eigenvalue weighted by Crippen LogP contribution is -2.41. The standard InChI is InChI=1S/C19H29N3O4/c1-2-3-14-26-15-6-11-20-19(23)16-9-12-21(13-10-16)17-7-4-5-8-18(17)22(24)25/h4-5,7-8,16H,2-3,6,9-15H2,1H3,(H,20,23). The molecule has 1 aromatic rings. The van der Waals surface area contributed by atoms with Crippen molar-refractivity contribution in [1.29, 1.82) is 0 Å². The van der Waals surface area contributed by atoms with E-state index in [0.29, 0.717) is 44.8 Å². The van der Waals surface area contributed by atoms with Crippen molar-refractivity contribution < 1.29 is 14.5 Å². The zero-order valence-corrected chi connectivity index (χ0v) is 15.5. The lowest BCUT2D eigenvalue weighted by molar-refractivity contribution is -0.384. The first kappa shape index (κ1) is 20.2. The highest BCUT2D eigenvalue weighted by atomic mass is 16.6. The fraction of sp³-hybridized carbons (Fsp3) is 0.632. The van der Waals surface area contributed by atoms with Gasteiger partial charge in [-0.1, -0.05) is 25.5 Å². The molecule has 0 saturated carbocycles. The number of amides is 1. The summed E-state index contributed by atoms with van der Waals surface area (Å²) >= 11 is 0. The van der Waals surface area contributed by atoms with E-state index in [1.807, 2.05) is 11.0 Å². The van der Waals surface area contributed by atoms with Crippen LogP contribution in [0.25, 0.3) is 0 Å². The molecule has 0 unspecified atom stereocenters. The Morgan fingerprint density at radius 1 is 1.27 bits per heavy atom. The van der Waals surface area contributed by atoms with Crippen LogP contribution in [-0.4, -0.2) is 43.7 Å². The average Bonchev–Trinajstić information content (AvgIpc) is 2.67. The van der Waals surface area contributed by atoms with Crippen LogP contribution in [0, 0.1) is 16.0 Å². The summed E-state index contributed by atoms with van der Waals surface area (Å²) < 4.78 is 5.48. The Labute approximate surface area is 154 Å². The number of para-hydroxylation sites is 2. The van der Waals surface area contributed by atoms with Crippen LogP contribution in [-0.2, 0) is 9.53 Å². The topological polar surface area (TPSA) is 84.7 Å². The van der Waals surface area contributed by atoms with Gasteiger partial charge in [-0.3, -0.25) is 14.9 Å². The molecule has 1 N–H and O–H groups in total. The first-order valence-corrected chi connectivity index (χ1v) is 9.47. The van der Waals surface area contributed by atoms with Gasteiger partial charge in [0.15, 0.2) is 0 Å². The summed E-state index contributed by atoms with van der Waals surface area (Å²) in [7, 11) is 0. The lowest BCUT2D eigenvalue weighted by atomic mass is 9.95. The third-order valence-corrected chi connectivity index (χ3v) is 4.69. The maximum absolute atomic E-state index is 12.3. The Balaban J connectivity index is 1.71. The molecule has 26 heavy (non-hydrogen) atoms. The minimum absolute atomic E-state index is 0.0185. The summed E-state index contributed by atoms with van der Waals surface area (Å²) in [5, 5.41) is 14.2. The van der Waals surface area contributed by atoms with Gasteiger partial charge < -0.3 is 15.0 Å². The van der Waals surface area contributed by atoms with Crippen LogP contribution in [0.5, 0.6) is 0 Å². The highest BCUT2D eigenvalue weighted by Gasteiger charge is 2.27. The van der Waals surface area contributed by atoms with E-state index in [9.17, 15) is 14.9 Å². The monoisotopic (exact) mass is 363 g/mol. The number of rotatable bonds is 10. The molecule has 1 aliphatic rings. The number of nitro benzene ring substituents is 1. The number of nitrogens with zero attached hydrogens (tertiary/aromatic N) is 2. The zero-order valence-electron chi connectivity index (χ0n) is 15.5. The second kappa shape index (κ2) is 10.8. The number of nitrogens with one attached hydrogen (secondary N) is 1. The number of hydrogen-bond acceptors (Lipinski definition) is 5. The molecule has 7 heteroatoms. The molecule has 0 atom stereocenters. The highest BCUT2D eigenvalue weighted by molar-refractivity contribution is 5.79. The Morgan fingerprint density at radius 2 is 1.96 bits per heavy atom. The Kier molecular flexibility index (Phi) is 8.34. The molecule has 1 amide bonds. The number of piperidine rings is 1. The van der Waals surface area contributed by atoms with Gasteiger partial charge in [0, 0.05) is 44.8 Å². The predicted octanol–water partition coefficient (Wildman–Crippen LogP) is 3.13. The summed E-state index contributed by atoms with van der Waals surface area (Å²) in [6.07, 6.45) is 4.45. The van der Waals surface area contributed by atoms with Crippen LogP contribution < -0.4 is 10.2 Å². The molecule has 144 valence electrons. The van der Waals surface area contributed by atoms with Crippen molar-refractivity contribution in [2.45, 2.75) is 39.0 Å². The van der Waals surface area contributed by atoms with Gasteiger partial charge in [0.25, 0.3) is 5.69 Å². The minimum Gasteiger partial charge on any atom is -0.381 e. The summed E-state index contributed by atoms with van der Waals surface area (Å²) in [5.74, 6) is 0.0656. The second-order valence-electron chi connectivity index (χ2n) is 6.62. The van der Waals surface area contributed by atoms with Crippen molar-refractivity contribution in [1.82, 2.24) is 5.32 Å². The molecule has 1 heterocycles. The van der Waals surface area contributed by atoms with Gasteiger partial charge in [-0.15, -0.1) is 0 Å². The Morgan fingerprint density at radius 3 is 2.65 bits per heavy atom. The molecule has 1 aromatic carbocycles. The molecule has 1 fully saturated rings. The quantitative estimate of drug-likeness (QED) is 0.392. The number of carbonyl (C=O) groups excluding carboxylic acids is 1. The van der Waals surface area contributed by atoms with E-state index >= 15 is 0 Å². The molecule has 0 radical (unpaired) electrons. The minimum atomic E-state index is -0.350. The lowest BCUT2D eigenvalue weighted by Gasteiger charge is -2.32. The van der Waals surface area contributed by atoms with Gasteiger partial charge in [0.1, 0.15) is 5.69 Å². The summed E-state index contributed by atoms with van der Waals surface area (Å²) in [5.41, 5.74) is 0.763. The first-order valence-electron chi connectivity index (χ1n) is 9.47. The second-order valence-corrected chi connectivity index (χ2v) is 6.62. The van der Waals surface area contributed by atoms with Gasteiger partial charge in [0.05, 0.1) is 4.92 Å². The number of nitro groups is 1. The molecule has 0 spiro atoms. The smallest absolute Gasteiger partial charge is 0.292 e. The average molecular weight is 363 g/mol. The van der Waals surface area contributed by atoms with Gasteiger partial charge in [-0.05, 0) is 31.7 Å². The summed E-state index contributed by atoms with van der Waals surface area (Å²) in [6, 6.07) is 6.78. The maximum atomic E-state index is 12.3. The number of carbonyl (C=O) groups is 1. The number of ether oxygens (including phenoxy) is 1. The van der Waals surface area contributed by atoms with E-state index in [4.69, 9.17) is 4.74 Å². The number of unbranched alkanes of at least 4 members (excludes halogenated alkanes) is 1. The predicted molar refractivity (Wildman–Crippen MR) is 101 cm³/mol. The highest BCUT2D eigenvalue weighted by Crippen LogP contribution is 2.31. The van der Waals surface area contributed by atoms with Gasteiger partial charge >= 0.3 is 0 Å². The number of hydrogen-bond donors (Lipinski definition) is 1. The van der Waals surface area contributed by atoms with E-state index < -0.39 is 0 Å². The molecule has 1 aliphatic heterocycles. The Hall–Kier alpha value is -2.15. The third kappa shape index (κ3) is 5.98. The summed E-state index contributed by atoms with van der Waals surface area (Å²) in [6.45, 7) is 5.54. The fourth-order valence-corrected chi connectivity index (χ4v) is 3.15. The molecular formula is C19H29N3O4. The third-order valence-electron chi connectivity index (χ3n) is 4.69. The van der Waals surface area contributed by atoms with Crippen molar-refractivity contribution in [3.63, 3.8) is 0 Å². The van der Waals surface area contributed by atoms with Crippen LogP contribution in [0.3, 0.4) is 0 Å². The van der Waals surface area contributed by atoms with Crippen LogP contribution in [0.1, 0.15) is 39.0 Å². The molecule has 0 aromatic heterocycles. The van der Waals surface area contributed by atoms with Crippen LogP contribution in [0.15, 0.2) is 24.3 Å². The molecule has 7 nitrogen and oxygen atoms in total. The van der Waals surface area contributed by atoms with Crippen molar-refractivity contribution in [3.05, 3.63) is 34.4 Å². The van der Waals surface area contributed by atoms with Crippen molar-refractivity contribution in [2.75, 3.05) is 37.7 Å². The van der Waals surface area contributed by atoms with Crippen LogP contribution in [0.4, 0.5) is 11.4 Å². The molecule has 1 saturated heterocycles. The van der Waals surface area contributed by atoms with Gasteiger partial charge in [-0.25, -0.2) is 0 Å². The van der Waals surface area contributed by atoms with E-state index in [-0.39, 0.29) is 22.4 Å².